The first-order chi connectivity index (χ1) is 17.5. The van der Waals surface area contributed by atoms with Gasteiger partial charge in [0.15, 0.2) is 5.60 Å². The lowest BCUT2D eigenvalue weighted by molar-refractivity contribution is -0.170. The Morgan fingerprint density at radius 2 is 1.57 bits per heavy atom. The Morgan fingerprint density at radius 3 is 2.08 bits per heavy atom. The molecule has 11 heteroatoms. The van der Waals surface area contributed by atoms with Crippen LogP contribution >= 0.6 is 11.6 Å². The van der Waals surface area contributed by atoms with E-state index >= 15 is 0 Å². The molecule has 2 heterocycles. The van der Waals surface area contributed by atoms with Gasteiger partial charge in [0.1, 0.15) is 0 Å². The molecule has 1 atom stereocenters. The lowest BCUT2D eigenvalue weighted by Crippen LogP contribution is -2.46. The molecule has 1 unspecified atom stereocenters. The van der Waals surface area contributed by atoms with Crippen molar-refractivity contribution in [2.75, 3.05) is 52.5 Å². The molecule has 0 spiro atoms. The van der Waals surface area contributed by atoms with E-state index in [2.05, 4.69) is 21.9 Å². The lowest BCUT2D eigenvalue weighted by atomic mass is 9.92. The van der Waals surface area contributed by atoms with Crippen molar-refractivity contribution in [2.45, 2.75) is 49.5 Å². The molecule has 3 aliphatic rings. The molecule has 1 aromatic rings. The number of rotatable bonds is 10. The smallest absolute Gasteiger partial charge is 0.336 e. The van der Waals surface area contributed by atoms with E-state index in [1.54, 1.807) is 0 Å². The van der Waals surface area contributed by atoms with Crippen LogP contribution in [0.2, 0.25) is 5.02 Å². The van der Waals surface area contributed by atoms with Crippen LogP contribution in [0.1, 0.15) is 44.1 Å². The monoisotopic (exact) mass is 540 g/mol. The van der Waals surface area contributed by atoms with Crippen molar-refractivity contribution in [3.63, 3.8) is 0 Å². The van der Waals surface area contributed by atoms with Gasteiger partial charge in [-0.3, -0.25) is 14.5 Å². The molecule has 2 aliphatic heterocycles. The number of likely N-dealkylation sites (tertiary alicyclic amines) is 1. The number of aliphatic carboxylic acids is 3. The highest BCUT2D eigenvalue weighted by atomic mass is 35.5. The number of aliphatic hydroxyl groups is 1. The Morgan fingerprint density at radius 1 is 0.973 bits per heavy atom. The van der Waals surface area contributed by atoms with Crippen LogP contribution in [0.4, 0.5) is 0 Å². The van der Waals surface area contributed by atoms with Gasteiger partial charge in [-0.25, -0.2) is 4.79 Å². The van der Waals surface area contributed by atoms with E-state index in [0.717, 1.165) is 37.2 Å². The highest BCUT2D eigenvalue weighted by Crippen LogP contribution is 2.49. The van der Waals surface area contributed by atoms with Gasteiger partial charge in [0.2, 0.25) is 0 Å². The van der Waals surface area contributed by atoms with Gasteiger partial charge in [-0.05, 0) is 55.8 Å². The predicted octanol–water partition coefficient (Wildman–Crippen LogP) is 2.17. The Labute approximate surface area is 221 Å². The SMILES string of the molecule is Clc1ccc(C2(CN3CCCC(CN4CCOCC4)C3)CC2)cc1.O=C(O)CC(O)(CC(=O)O)C(=O)O. The molecule has 0 radical (unpaired) electrons. The van der Waals surface area contributed by atoms with Crippen LogP contribution in [0.15, 0.2) is 24.3 Å². The molecule has 37 heavy (non-hydrogen) atoms. The lowest BCUT2D eigenvalue weighted by Gasteiger charge is -2.38. The fourth-order valence-corrected chi connectivity index (χ4v) is 5.35. The van der Waals surface area contributed by atoms with Gasteiger partial charge in [-0.1, -0.05) is 23.7 Å². The minimum atomic E-state index is -2.74. The molecule has 2 saturated heterocycles. The molecule has 4 rings (SSSR count). The van der Waals surface area contributed by atoms with Crippen molar-refractivity contribution in [3.05, 3.63) is 34.9 Å². The standard InChI is InChI=1S/C20H29ClN2O.C6H8O7/c21-19-5-3-18(4-6-19)20(7-8-20)16-23-9-1-2-17(15-23)14-22-10-12-24-13-11-22;7-3(8)1-6(13,5(11)12)2-4(9)10/h3-6,17H,1-2,7-16H2;13H,1-2H2,(H,7,8)(H,9,10)(H,11,12). The Hall–Kier alpha value is -2.24. The molecule has 3 fully saturated rings. The van der Waals surface area contributed by atoms with E-state index in [1.165, 1.54) is 57.4 Å². The largest absolute Gasteiger partial charge is 0.481 e. The van der Waals surface area contributed by atoms with Crippen LogP contribution in [-0.4, -0.2) is 106 Å². The van der Waals surface area contributed by atoms with E-state index in [4.69, 9.17) is 36.8 Å². The molecule has 0 bridgehead atoms. The number of hydrogen-bond acceptors (Lipinski definition) is 7. The van der Waals surface area contributed by atoms with Crippen molar-refractivity contribution in [1.82, 2.24) is 9.80 Å². The van der Waals surface area contributed by atoms with Gasteiger partial charge < -0.3 is 30.1 Å². The molecule has 0 amide bonds. The van der Waals surface area contributed by atoms with Crippen molar-refractivity contribution in [1.29, 1.82) is 0 Å². The van der Waals surface area contributed by atoms with E-state index in [9.17, 15) is 14.4 Å². The third kappa shape index (κ3) is 8.93. The van der Waals surface area contributed by atoms with E-state index in [1.807, 2.05) is 12.1 Å². The second-order valence-corrected chi connectivity index (χ2v) is 10.9. The summed E-state index contributed by atoms with van der Waals surface area (Å²) in [5, 5.41) is 34.7. The number of benzene rings is 1. The number of carbonyl (C=O) groups is 3. The molecule has 1 aromatic carbocycles. The Kier molecular flexibility index (Phi) is 10.3. The highest BCUT2D eigenvalue weighted by molar-refractivity contribution is 6.30. The quantitative estimate of drug-likeness (QED) is 0.348. The highest BCUT2D eigenvalue weighted by Gasteiger charge is 2.45. The minimum Gasteiger partial charge on any atom is -0.481 e. The van der Waals surface area contributed by atoms with Gasteiger partial charge in [0, 0.05) is 43.2 Å². The predicted molar refractivity (Wildman–Crippen MR) is 136 cm³/mol. The van der Waals surface area contributed by atoms with Crippen LogP contribution in [-0.2, 0) is 24.5 Å². The zero-order chi connectivity index (χ0) is 27.1. The number of ether oxygens (including phenoxy) is 1. The molecule has 1 aliphatic carbocycles. The maximum absolute atomic E-state index is 10.3. The Bertz CT molecular complexity index is 915. The third-order valence-electron chi connectivity index (χ3n) is 7.35. The molecule has 4 N–H and O–H groups in total. The molecule has 1 saturated carbocycles. The number of halogens is 1. The summed E-state index contributed by atoms with van der Waals surface area (Å²) in [5.41, 5.74) is -0.842. The van der Waals surface area contributed by atoms with Crippen molar-refractivity contribution in [3.8, 4) is 0 Å². The zero-order valence-electron chi connectivity index (χ0n) is 21.0. The second kappa shape index (κ2) is 13.0. The summed E-state index contributed by atoms with van der Waals surface area (Å²) in [5.74, 6) is -4.19. The maximum Gasteiger partial charge on any atom is 0.336 e. The van der Waals surface area contributed by atoms with Crippen molar-refractivity contribution in [2.24, 2.45) is 5.92 Å². The number of carboxylic acid groups (broad SMARTS) is 3. The summed E-state index contributed by atoms with van der Waals surface area (Å²) in [4.78, 5) is 35.8. The number of nitrogens with zero attached hydrogens (tertiary/aromatic N) is 2. The van der Waals surface area contributed by atoms with Crippen LogP contribution in [0.5, 0.6) is 0 Å². The van der Waals surface area contributed by atoms with Crippen LogP contribution in [0.3, 0.4) is 0 Å². The summed E-state index contributed by atoms with van der Waals surface area (Å²) in [6.07, 6.45) is 3.12. The first-order valence-corrected chi connectivity index (χ1v) is 13.1. The second-order valence-electron chi connectivity index (χ2n) is 10.4. The van der Waals surface area contributed by atoms with Gasteiger partial charge >= 0.3 is 17.9 Å². The zero-order valence-corrected chi connectivity index (χ0v) is 21.7. The average Bonchev–Trinajstić information content (AvgIpc) is 3.60. The fraction of sp³-hybridized carbons (Fsp3) is 0.654. The van der Waals surface area contributed by atoms with Gasteiger partial charge in [0.05, 0.1) is 26.1 Å². The molecule has 0 aromatic heterocycles. The van der Waals surface area contributed by atoms with E-state index in [0.29, 0.717) is 5.41 Å². The van der Waals surface area contributed by atoms with Crippen LogP contribution < -0.4 is 0 Å². The third-order valence-corrected chi connectivity index (χ3v) is 7.60. The first kappa shape index (κ1) is 29.3. The Balaban J connectivity index is 0.000000251. The fourth-order valence-electron chi connectivity index (χ4n) is 5.23. The summed E-state index contributed by atoms with van der Waals surface area (Å²) in [6.45, 7) is 9.09. The van der Waals surface area contributed by atoms with Crippen molar-refractivity contribution < 1.29 is 39.5 Å². The van der Waals surface area contributed by atoms with Crippen molar-refractivity contribution >= 4 is 29.5 Å². The number of morpholine rings is 1. The molecule has 206 valence electrons. The summed E-state index contributed by atoms with van der Waals surface area (Å²) >= 11 is 6.06. The number of hydrogen-bond donors (Lipinski definition) is 4. The number of piperidine rings is 1. The average molecular weight is 541 g/mol. The topological polar surface area (TPSA) is 148 Å². The van der Waals surface area contributed by atoms with Gasteiger partial charge in [-0.15, -0.1) is 0 Å². The minimum absolute atomic E-state index is 0.408. The maximum atomic E-state index is 10.3. The van der Waals surface area contributed by atoms with Crippen LogP contribution in [0.25, 0.3) is 0 Å². The van der Waals surface area contributed by atoms with E-state index in [-0.39, 0.29) is 0 Å². The van der Waals surface area contributed by atoms with Gasteiger partial charge in [-0.2, -0.15) is 0 Å². The van der Waals surface area contributed by atoms with Gasteiger partial charge in [0.25, 0.3) is 0 Å². The summed E-state index contributed by atoms with van der Waals surface area (Å²) in [6, 6.07) is 8.58. The van der Waals surface area contributed by atoms with Crippen LogP contribution in [0, 0.1) is 5.92 Å². The molecular weight excluding hydrogens is 504 g/mol. The number of carboxylic acids is 3. The summed E-state index contributed by atoms with van der Waals surface area (Å²) < 4.78 is 5.48. The molecular formula is C26H37ClN2O8. The molecule has 10 nitrogen and oxygen atoms in total. The summed E-state index contributed by atoms with van der Waals surface area (Å²) in [7, 11) is 0. The normalized spacial score (nSPS) is 21.9. The first-order valence-electron chi connectivity index (χ1n) is 12.7. The van der Waals surface area contributed by atoms with E-state index < -0.39 is 36.4 Å².